The average Bonchev–Trinajstić information content (AvgIpc) is 3.10. The first-order valence-corrected chi connectivity index (χ1v) is 9.34. The summed E-state index contributed by atoms with van der Waals surface area (Å²) in [7, 11) is 0. The van der Waals surface area contributed by atoms with Crippen molar-refractivity contribution in [3.8, 4) is 11.4 Å². The van der Waals surface area contributed by atoms with Gasteiger partial charge in [0.15, 0.2) is 0 Å². The van der Waals surface area contributed by atoms with E-state index in [1.54, 1.807) is 10.6 Å². The molecule has 3 nitrogen and oxygen atoms in total. The highest BCUT2D eigenvalue weighted by Crippen LogP contribution is 2.37. The van der Waals surface area contributed by atoms with Gasteiger partial charge < -0.3 is 5.11 Å². The molecule has 0 radical (unpaired) electrons. The number of phenols is 1. The van der Waals surface area contributed by atoms with Gasteiger partial charge in [-0.15, -0.1) is 11.3 Å². The van der Waals surface area contributed by atoms with Crippen LogP contribution in [0.5, 0.6) is 5.75 Å². The molecule has 0 atom stereocenters. The number of aromatic nitrogens is 1. The molecule has 2 aromatic carbocycles. The molecule has 2 aromatic heterocycles. The minimum Gasteiger partial charge on any atom is -0.508 e. The lowest BCUT2D eigenvalue weighted by Crippen LogP contribution is -2.19. The molecule has 0 aliphatic heterocycles. The predicted octanol–water partition coefficient (Wildman–Crippen LogP) is 5.17. The monoisotopic (exact) mass is 349 g/mol. The number of hydrogen-bond acceptors (Lipinski definition) is 3. The number of phenolic OH excluding ortho intramolecular Hbond substituents is 1. The van der Waals surface area contributed by atoms with Gasteiger partial charge in [0.05, 0.1) is 5.52 Å². The van der Waals surface area contributed by atoms with Crippen LogP contribution in [0, 0.1) is 6.92 Å². The normalized spacial score (nSPS) is 11.4. The van der Waals surface area contributed by atoms with Crippen LogP contribution in [0.3, 0.4) is 0 Å². The van der Waals surface area contributed by atoms with E-state index in [0.717, 1.165) is 50.6 Å². The van der Waals surface area contributed by atoms with Gasteiger partial charge in [-0.3, -0.25) is 9.36 Å². The molecule has 1 N–H and O–H groups in total. The SMILES string of the molecule is CCCc1c(O)cc(C)c2c1c1ccsc1c(=O)n2-c1ccccc1. The fraction of sp³-hybridized carbons (Fsp3) is 0.190. The third-order valence-corrected chi connectivity index (χ3v) is 5.55. The van der Waals surface area contributed by atoms with Crippen LogP contribution in [0.4, 0.5) is 0 Å². The molecule has 4 heteroatoms. The van der Waals surface area contributed by atoms with E-state index >= 15 is 0 Å². The Morgan fingerprint density at radius 2 is 1.92 bits per heavy atom. The minimum atomic E-state index is -0.0000572. The van der Waals surface area contributed by atoms with Gasteiger partial charge in [-0.05, 0) is 48.6 Å². The van der Waals surface area contributed by atoms with Gasteiger partial charge >= 0.3 is 0 Å². The number of benzene rings is 2. The lowest BCUT2D eigenvalue weighted by Gasteiger charge is -2.17. The number of para-hydroxylation sites is 1. The summed E-state index contributed by atoms with van der Waals surface area (Å²) in [6, 6.07) is 13.5. The van der Waals surface area contributed by atoms with Crippen molar-refractivity contribution in [3.05, 3.63) is 69.3 Å². The van der Waals surface area contributed by atoms with Gasteiger partial charge in [-0.1, -0.05) is 31.5 Å². The molecule has 0 amide bonds. The summed E-state index contributed by atoms with van der Waals surface area (Å²) in [5.74, 6) is 0.317. The Hall–Kier alpha value is -2.59. The maximum absolute atomic E-state index is 13.2. The third kappa shape index (κ3) is 2.36. The van der Waals surface area contributed by atoms with Crippen molar-refractivity contribution in [2.75, 3.05) is 0 Å². The van der Waals surface area contributed by atoms with E-state index in [4.69, 9.17) is 0 Å². The largest absolute Gasteiger partial charge is 0.508 e. The average molecular weight is 349 g/mol. The topological polar surface area (TPSA) is 42.2 Å². The van der Waals surface area contributed by atoms with E-state index < -0.39 is 0 Å². The fourth-order valence-electron chi connectivity index (χ4n) is 3.61. The summed E-state index contributed by atoms with van der Waals surface area (Å²) < 4.78 is 2.53. The molecular weight excluding hydrogens is 330 g/mol. The van der Waals surface area contributed by atoms with Crippen LogP contribution in [0.1, 0.15) is 24.5 Å². The number of rotatable bonds is 3. The Bertz CT molecular complexity index is 1140. The second kappa shape index (κ2) is 6.05. The Morgan fingerprint density at radius 3 is 2.64 bits per heavy atom. The molecule has 0 aliphatic carbocycles. The third-order valence-electron chi connectivity index (χ3n) is 4.64. The zero-order valence-electron chi connectivity index (χ0n) is 14.2. The summed E-state index contributed by atoms with van der Waals surface area (Å²) in [5, 5.41) is 14.5. The minimum absolute atomic E-state index is 0.0000572. The van der Waals surface area contributed by atoms with Crippen molar-refractivity contribution in [2.45, 2.75) is 26.7 Å². The maximum Gasteiger partial charge on any atom is 0.273 e. The van der Waals surface area contributed by atoms with Crippen LogP contribution in [-0.2, 0) is 6.42 Å². The highest BCUT2D eigenvalue weighted by molar-refractivity contribution is 7.17. The van der Waals surface area contributed by atoms with E-state index in [-0.39, 0.29) is 5.56 Å². The van der Waals surface area contributed by atoms with Crippen LogP contribution in [-0.4, -0.2) is 9.67 Å². The zero-order valence-corrected chi connectivity index (χ0v) is 15.1. The molecule has 2 heterocycles. The highest BCUT2D eigenvalue weighted by Gasteiger charge is 2.19. The molecule has 0 aliphatic rings. The van der Waals surface area contributed by atoms with Crippen molar-refractivity contribution in [2.24, 2.45) is 0 Å². The molecule has 4 aromatic rings. The van der Waals surface area contributed by atoms with E-state index in [0.29, 0.717) is 5.75 Å². The molecule has 0 saturated heterocycles. The number of aryl methyl sites for hydroxylation is 2. The molecule has 25 heavy (non-hydrogen) atoms. The highest BCUT2D eigenvalue weighted by atomic mass is 32.1. The first-order chi connectivity index (χ1) is 12.1. The van der Waals surface area contributed by atoms with Gasteiger partial charge in [0.1, 0.15) is 10.4 Å². The van der Waals surface area contributed by atoms with Gasteiger partial charge in [-0.25, -0.2) is 0 Å². The van der Waals surface area contributed by atoms with Crippen LogP contribution in [0.2, 0.25) is 0 Å². The number of aromatic hydroxyl groups is 1. The molecule has 0 unspecified atom stereocenters. The van der Waals surface area contributed by atoms with E-state index in [2.05, 4.69) is 6.92 Å². The van der Waals surface area contributed by atoms with E-state index in [1.165, 1.54) is 11.3 Å². The quantitative estimate of drug-likeness (QED) is 0.554. The summed E-state index contributed by atoms with van der Waals surface area (Å²) in [6.45, 7) is 4.05. The summed E-state index contributed by atoms with van der Waals surface area (Å²) in [6.07, 6.45) is 1.71. The second-order valence-electron chi connectivity index (χ2n) is 6.30. The molecule has 0 saturated carbocycles. The van der Waals surface area contributed by atoms with E-state index in [1.807, 2.05) is 48.7 Å². The van der Waals surface area contributed by atoms with Gasteiger partial charge in [0.2, 0.25) is 0 Å². The van der Waals surface area contributed by atoms with Crippen molar-refractivity contribution in [1.82, 2.24) is 4.57 Å². The van der Waals surface area contributed by atoms with E-state index in [9.17, 15) is 9.90 Å². The Kier molecular flexibility index (Phi) is 3.85. The number of nitrogens with zero attached hydrogens (tertiary/aromatic N) is 1. The van der Waals surface area contributed by atoms with Crippen molar-refractivity contribution in [1.29, 1.82) is 0 Å². The van der Waals surface area contributed by atoms with Crippen LogP contribution < -0.4 is 5.56 Å². The predicted molar refractivity (Wildman–Crippen MR) is 105 cm³/mol. The first-order valence-electron chi connectivity index (χ1n) is 8.46. The summed E-state index contributed by atoms with van der Waals surface area (Å²) in [5.41, 5.74) is 3.57. The summed E-state index contributed by atoms with van der Waals surface area (Å²) in [4.78, 5) is 13.2. The molecule has 126 valence electrons. The fourth-order valence-corrected chi connectivity index (χ4v) is 4.44. The van der Waals surface area contributed by atoms with Crippen molar-refractivity contribution >= 4 is 32.3 Å². The number of fused-ring (bicyclic) bond motifs is 3. The molecular formula is C21H19NO2S. The van der Waals surface area contributed by atoms with Crippen LogP contribution in [0.25, 0.3) is 26.7 Å². The second-order valence-corrected chi connectivity index (χ2v) is 7.22. The van der Waals surface area contributed by atoms with Crippen LogP contribution in [0.15, 0.2) is 52.6 Å². The Labute approximate surface area is 149 Å². The van der Waals surface area contributed by atoms with Crippen molar-refractivity contribution in [3.63, 3.8) is 0 Å². The number of pyridine rings is 1. The number of hydrogen-bond donors (Lipinski definition) is 1. The first kappa shape index (κ1) is 15.9. The Morgan fingerprint density at radius 1 is 1.16 bits per heavy atom. The molecule has 4 rings (SSSR count). The molecule has 0 fully saturated rings. The zero-order chi connectivity index (χ0) is 17.6. The van der Waals surface area contributed by atoms with Gasteiger partial charge in [0.25, 0.3) is 5.56 Å². The molecule has 0 bridgehead atoms. The lowest BCUT2D eigenvalue weighted by atomic mass is 9.97. The summed E-state index contributed by atoms with van der Waals surface area (Å²) >= 11 is 1.46. The van der Waals surface area contributed by atoms with Gasteiger partial charge in [0, 0.05) is 22.0 Å². The maximum atomic E-state index is 13.2. The lowest BCUT2D eigenvalue weighted by molar-refractivity contribution is 0.468. The van der Waals surface area contributed by atoms with Crippen molar-refractivity contribution < 1.29 is 5.11 Å². The molecule has 0 spiro atoms. The standard InChI is InChI=1S/C21H19NO2S/c1-3-7-15-17(23)12-13(2)19-18(15)16-10-11-25-20(16)21(24)22(19)14-8-5-4-6-9-14/h4-6,8-12,23H,3,7H2,1-2H3. The smallest absolute Gasteiger partial charge is 0.273 e. The number of thiophene rings is 1. The van der Waals surface area contributed by atoms with Crippen LogP contribution >= 0.6 is 11.3 Å². The van der Waals surface area contributed by atoms with Gasteiger partial charge in [-0.2, -0.15) is 0 Å². The Balaban J connectivity index is 2.31.